The number of carbonyl (C=O) groups is 2. The minimum atomic E-state index is -4.28. The number of benzene rings is 3. The number of amides is 1. The third-order valence-electron chi connectivity index (χ3n) is 5.57. The van der Waals surface area contributed by atoms with Crippen molar-refractivity contribution < 1.29 is 36.6 Å². The zero-order chi connectivity index (χ0) is 25.7. The topological polar surface area (TPSA) is 111 Å². The molecule has 0 atom stereocenters. The molecule has 0 spiro atoms. The highest BCUT2D eigenvalue weighted by Gasteiger charge is 2.38. The third kappa shape index (κ3) is 5.68. The van der Waals surface area contributed by atoms with Crippen molar-refractivity contribution in [2.45, 2.75) is 25.9 Å². The van der Waals surface area contributed by atoms with E-state index in [0.717, 1.165) is 5.56 Å². The first-order chi connectivity index (χ1) is 17.3. The lowest BCUT2D eigenvalue weighted by Crippen LogP contribution is -2.30. The second-order valence-corrected chi connectivity index (χ2v) is 9.71. The van der Waals surface area contributed by atoms with Gasteiger partial charge in [0.25, 0.3) is 5.91 Å². The number of halogens is 1. The van der Waals surface area contributed by atoms with Gasteiger partial charge in [-0.1, -0.05) is 36.4 Å². The maximum atomic E-state index is 15.9. The molecule has 0 radical (unpaired) electrons. The summed E-state index contributed by atoms with van der Waals surface area (Å²) in [5, 5.41) is 0.576. The van der Waals surface area contributed by atoms with Crippen LogP contribution in [0.3, 0.4) is 0 Å². The molecular formula is C25H25FN2O7S. The fraction of sp³-hybridized carbons (Fsp3) is 0.280. The molecule has 1 saturated heterocycles. The summed E-state index contributed by atoms with van der Waals surface area (Å²) in [5.41, 5.74) is 0.449. The molecule has 1 N–H and O–H groups in total. The van der Waals surface area contributed by atoms with E-state index in [1.807, 2.05) is 35.1 Å². The second-order valence-electron chi connectivity index (χ2n) is 8.11. The zero-order valence-corrected chi connectivity index (χ0v) is 20.3. The SMILES string of the molecule is COC(=O)CCCCOc1ccc2cc(OCc3ccccc3)c(N3CC(=O)NS3(=O)=O)c(F)c2c1. The number of unbranched alkanes of at least 4 members (excludes halogenated alkanes) is 1. The highest BCUT2D eigenvalue weighted by molar-refractivity contribution is 7.92. The van der Waals surface area contributed by atoms with Crippen LogP contribution < -0.4 is 18.5 Å². The Morgan fingerprint density at radius 3 is 2.56 bits per heavy atom. The normalized spacial score (nSPS) is 14.5. The van der Waals surface area contributed by atoms with Crippen LogP contribution in [-0.4, -0.2) is 40.6 Å². The fourth-order valence-corrected chi connectivity index (χ4v) is 4.93. The quantitative estimate of drug-likeness (QED) is 0.325. The van der Waals surface area contributed by atoms with E-state index in [1.165, 1.54) is 19.2 Å². The standard InChI is InChI=1S/C25H25FN2O7S/c1-33-23(30)9-5-6-12-34-19-11-10-18-13-21(35-16-17-7-3-2-4-8-17)25(24(26)20(18)14-19)28-15-22(29)27-36(28,31)32/h2-4,7-8,10-11,13-14H,5-6,9,12,15-16H2,1H3,(H,27,29). The van der Waals surface area contributed by atoms with Crippen molar-refractivity contribution >= 4 is 38.5 Å². The van der Waals surface area contributed by atoms with Crippen molar-refractivity contribution in [3.05, 3.63) is 66.0 Å². The number of hydrogen-bond acceptors (Lipinski definition) is 7. The largest absolute Gasteiger partial charge is 0.494 e. The van der Waals surface area contributed by atoms with Gasteiger partial charge in [0.2, 0.25) is 0 Å². The van der Waals surface area contributed by atoms with Crippen LogP contribution >= 0.6 is 0 Å². The molecule has 1 heterocycles. The fourth-order valence-electron chi connectivity index (χ4n) is 3.77. The second kappa shape index (κ2) is 10.8. The molecule has 36 heavy (non-hydrogen) atoms. The Hall–Kier alpha value is -3.86. The van der Waals surface area contributed by atoms with Gasteiger partial charge in [0.15, 0.2) is 5.82 Å². The van der Waals surface area contributed by atoms with Crippen molar-refractivity contribution in [1.29, 1.82) is 0 Å². The molecule has 1 aliphatic rings. The molecule has 3 aromatic rings. The van der Waals surface area contributed by atoms with E-state index in [2.05, 4.69) is 4.74 Å². The number of hydrogen-bond donors (Lipinski definition) is 1. The molecule has 190 valence electrons. The molecule has 3 aromatic carbocycles. The van der Waals surface area contributed by atoms with Crippen LogP contribution in [0.25, 0.3) is 10.8 Å². The lowest BCUT2D eigenvalue weighted by atomic mass is 10.1. The maximum absolute atomic E-state index is 15.9. The minimum absolute atomic E-state index is 0.0135. The van der Waals surface area contributed by atoms with Crippen molar-refractivity contribution in [2.75, 3.05) is 24.6 Å². The molecular weight excluding hydrogens is 491 g/mol. The number of ether oxygens (including phenoxy) is 3. The average Bonchev–Trinajstić information content (AvgIpc) is 3.14. The van der Waals surface area contributed by atoms with Crippen molar-refractivity contribution in [1.82, 2.24) is 4.72 Å². The van der Waals surface area contributed by atoms with E-state index in [1.54, 1.807) is 12.1 Å². The van der Waals surface area contributed by atoms with Crippen molar-refractivity contribution in [3.8, 4) is 11.5 Å². The molecule has 0 aromatic heterocycles. The van der Waals surface area contributed by atoms with Gasteiger partial charge in [0, 0.05) is 11.8 Å². The Labute approximate surface area is 207 Å². The van der Waals surface area contributed by atoms with Gasteiger partial charge in [-0.05, 0) is 42.0 Å². The predicted octanol–water partition coefficient (Wildman–Crippen LogP) is 3.46. The van der Waals surface area contributed by atoms with Gasteiger partial charge in [-0.15, -0.1) is 0 Å². The summed E-state index contributed by atoms with van der Waals surface area (Å²) in [4.78, 5) is 23.1. The molecule has 0 bridgehead atoms. The van der Waals surface area contributed by atoms with E-state index in [0.29, 0.717) is 34.9 Å². The van der Waals surface area contributed by atoms with Gasteiger partial charge in [0.05, 0.1) is 13.7 Å². The molecule has 0 unspecified atom stereocenters. The Balaban J connectivity index is 1.64. The van der Waals surface area contributed by atoms with Crippen molar-refractivity contribution in [2.24, 2.45) is 0 Å². The summed E-state index contributed by atoms with van der Waals surface area (Å²) < 4.78 is 59.7. The summed E-state index contributed by atoms with van der Waals surface area (Å²) in [5.74, 6) is -1.56. The van der Waals surface area contributed by atoms with Crippen molar-refractivity contribution in [3.63, 3.8) is 0 Å². The van der Waals surface area contributed by atoms with Gasteiger partial charge in [-0.25, -0.2) is 13.4 Å². The highest BCUT2D eigenvalue weighted by Crippen LogP contribution is 2.40. The van der Waals surface area contributed by atoms with E-state index >= 15 is 4.39 Å². The predicted molar refractivity (Wildman–Crippen MR) is 130 cm³/mol. The monoisotopic (exact) mass is 516 g/mol. The average molecular weight is 517 g/mol. The number of anilines is 1. The summed E-state index contributed by atoms with van der Waals surface area (Å²) in [6.07, 6.45) is 1.44. The van der Waals surface area contributed by atoms with E-state index in [-0.39, 0.29) is 35.8 Å². The number of nitrogens with one attached hydrogen (secondary N) is 1. The van der Waals surface area contributed by atoms with Crippen LogP contribution in [0.2, 0.25) is 0 Å². The minimum Gasteiger partial charge on any atom is -0.494 e. The first kappa shape index (κ1) is 25.2. The highest BCUT2D eigenvalue weighted by atomic mass is 32.2. The Morgan fingerprint density at radius 1 is 1.08 bits per heavy atom. The van der Waals surface area contributed by atoms with Gasteiger partial charge in [-0.3, -0.25) is 9.59 Å². The molecule has 1 amide bonds. The smallest absolute Gasteiger partial charge is 0.326 e. The summed E-state index contributed by atoms with van der Waals surface area (Å²) >= 11 is 0. The van der Waals surface area contributed by atoms with Gasteiger partial charge in [0.1, 0.15) is 30.3 Å². The Morgan fingerprint density at radius 2 is 1.86 bits per heavy atom. The lowest BCUT2D eigenvalue weighted by Gasteiger charge is -2.21. The third-order valence-corrected chi connectivity index (χ3v) is 6.95. The van der Waals surface area contributed by atoms with Gasteiger partial charge in [-0.2, -0.15) is 8.42 Å². The van der Waals surface area contributed by atoms with Crippen LogP contribution in [0.15, 0.2) is 54.6 Å². The Bertz CT molecular complexity index is 1380. The number of esters is 1. The molecule has 9 nitrogen and oxygen atoms in total. The lowest BCUT2D eigenvalue weighted by molar-refractivity contribution is -0.140. The summed E-state index contributed by atoms with van der Waals surface area (Å²) in [6, 6.07) is 15.5. The molecule has 1 aliphatic heterocycles. The number of carbonyl (C=O) groups excluding carboxylic acids is 2. The first-order valence-corrected chi connectivity index (χ1v) is 12.7. The zero-order valence-electron chi connectivity index (χ0n) is 19.5. The number of nitrogens with zero attached hydrogens (tertiary/aromatic N) is 1. The molecule has 11 heteroatoms. The van der Waals surface area contributed by atoms with E-state index in [4.69, 9.17) is 9.47 Å². The summed E-state index contributed by atoms with van der Waals surface area (Å²) in [6.45, 7) is -0.197. The maximum Gasteiger partial charge on any atom is 0.326 e. The molecule has 0 saturated carbocycles. The van der Waals surface area contributed by atoms with Gasteiger partial charge < -0.3 is 14.2 Å². The Kier molecular flexibility index (Phi) is 7.58. The van der Waals surface area contributed by atoms with E-state index in [9.17, 15) is 18.0 Å². The van der Waals surface area contributed by atoms with Crippen LogP contribution in [-0.2, 0) is 31.1 Å². The van der Waals surface area contributed by atoms with Crippen LogP contribution in [0, 0.1) is 5.82 Å². The summed E-state index contributed by atoms with van der Waals surface area (Å²) in [7, 11) is -2.95. The molecule has 4 rings (SSSR count). The van der Waals surface area contributed by atoms with Crippen LogP contribution in [0.4, 0.5) is 10.1 Å². The van der Waals surface area contributed by atoms with Crippen LogP contribution in [0.5, 0.6) is 11.5 Å². The van der Waals surface area contributed by atoms with E-state index < -0.39 is 28.5 Å². The number of fused-ring (bicyclic) bond motifs is 1. The number of methoxy groups -OCH3 is 1. The molecule has 0 aliphatic carbocycles. The molecule has 1 fully saturated rings. The van der Waals surface area contributed by atoms with Crippen LogP contribution in [0.1, 0.15) is 24.8 Å². The first-order valence-electron chi connectivity index (χ1n) is 11.2. The van der Waals surface area contributed by atoms with Gasteiger partial charge >= 0.3 is 16.2 Å². The number of rotatable bonds is 10.